The molecule has 0 aliphatic rings. The van der Waals surface area contributed by atoms with Crippen molar-refractivity contribution in [1.82, 2.24) is 10.3 Å². The van der Waals surface area contributed by atoms with Crippen molar-refractivity contribution in [3.8, 4) is 6.07 Å². The zero-order valence-electron chi connectivity index (χ0n) is 11.9. The number of aromatic nitrogens is 1. The summed E-state index contributed by atoms with van der Waals surface area (Å²) in [6, 6.07) is 7.09. The van der Waals surface area contributed by atoms with E-state index < -0.39 is 17.2 Å². The van der Waals surface area contributed by atoms with Crippen LogP contribution in [0, 0.1) is 11.3 Å². The minimum absolute atomic E-state index is 0.316. The summed E-state index contributed by atoms with van der Waals surface area (Å²) in [6.45, 7) is 9.01. The van der Waals surface area contributed by atoms with Crippen molar-refractivity contribution in [2.24, 2.45) is 0 Å². The van der Waals surface area contributed by atoms with Crippen molar-refractivity contribution in [2.75, 3.05) is 0 Å². The SMILES string of the molecule is CC(C)(C)OC(=O)NC(C)(C)c1cccc(C#N)n1. The molecule has 19 heavy (non-hydrogen) atoms. The number of nitrogens with zero attached hydrogens (tertiary/aromatic N) is 2. The van der Waals surface area contributed by atoms with E-state index in [2.05, 4.69) is 10.3 Å². The molecule has 0 aromatic carbocycles. The lowest BCUT2D eigenvalue weighted by atomic mass is 10.00. The molecule has 0 aliphatic heterocycles. The third-order valence-electron chi connectivity index (χ3n) is 2.32. The van der Waals surface area contributed by atoms with E-state index in [4.69, 9.17) is 10.00 Å². The molecule has 1 N–H and O–H groups in total. The Bertz CT molecular complexity index is 510. The summed E-state index contributed by atoms with van der Waals surface area (Å²) in [4.78, 5) is 16.0. The fraction of sp³-hybridized carbons (Fsp3) is 0.500. The number of ether oxygens (including phenoxy) is 1. The fourth-order valence-electron chi connectivity index (χ4n) is 1.47. The highest BCUT2D eigenvalue weighted by Crippen LogP contribution is 2.19. The van der Waals surface area contributed by atoms with Crippen molar-refractivity contribution in [1.29, 1.82) is 5.26 Å². The lowest BCUT2D eigenvalue weighted by Gasteiger charge is -2.28. The predicted octanol–water partition coefficient (Wildman–Crippen LogP) is 2.71. The van der Waals surface area contributed by atoms with Gasteiger partial charge in [-0.25, -0.2) is 9.78 Å². The Balaban J connectivity index is 2.86. The summed E-state index contributed by atoms with van der Waals surface area (Å²) in [6.07, 6.45) is -0.512. The van der Waals surface area contributed by atoms with Crippen molar-refractivity contribution in [2.45, 2.75) is 45.8 Å². The maximum Gasteiger partial charge on any atom is 0.408 e. The molecular weight excluding hydrogens is 242 g/mol. The molecule has 0 aliphatic carbocycles. The van der Waals surface area contributed by atoms with Crippen molar-refractivity contribution >= 4 is 6.09 Å². The molecule has 0 saturated heterocycles. The van der Waals surface area contributed by atoms with Crippen LogP contribution in [0.15, 0.2) is 18.2 Å². The van der Waals surface area contributed by atoms with Gasteiger partial charge in [0.2, 0.25) is 0 Å². The highest BCUT2D eigenvalue weighted by molar-refractivity contribution is 5.68. The molecule has 0 atom stereocenters. The number of alkyl carbamates (subject to hydrolysis) is 1. The topological polar surface area (TPSA) is 75.0 Å². The van der Waals surface area contributed by atoms with Gasteiger partial charge in [0.25, 0.3) is 0 Å². The smallest absolute Gasteiger partial charge is 0.408 e. The molecular formula is C14H19N3O2. The minimum atomic E-state index is -0.713. The van der Waals surface area contributed by atoms with Crippen LogP contribution in [0.3, 0.4) is 0 Å². The highest BCUT2D eigenvalue weighted by atomic mass is 16.6. The van der Waals surface area contributed by atoms with Gasteiger partial charge in [-0.05, 0) is 46.8 Å². The number of amides is 1. The normalized spacial score (nSPS) is 11.6. The van der Waals surface area contributed by atoms with Crippen LogP contribution >= 0.6 is 0 Å². The third-order valence-corrected chi connectivity index (χ3v) is 2.32. The van der Waals surface area contributed by atoms with Crippen molar-refractivity contribution < 1.29 is 9.53 Å². The standard InChI is InChI=1S/C14H19N3O2/c1-13(2,3)19-12(18)17-14(4,5)11-8-6-7-10(9-15)16-11/h6-8H,1-5H3,(H,17,18). The second kappa shape index (κ2) is 5.27. The molecule has 0 bridgehead atoms. The number of hydrogen-bond acceptors (Lipinski definition) is 4. The number of nitriles is 1. The van der Waals surface area contributed by atoms with Crippen LogP contribution in [0.2, 0.25) is 0 Å². The second-order valence-corrected chi connectivity index (χ2v) is 5.77. The number of hydrogen-bond donors (Lipinski definition) is 1. The van der Waals surface area contributed by atoms with Crippen molar-refractivity contribution in [3.63, 3.8) is 0 Å². The minimum Gasteiger partial charge on any atom is -0.444 e. The summed E-state index contributed by atoms with van der Waals surface area (Å²) >= 11 is 0. The van der Waals surface area contributed by atoms with E-state index in [9.17, 15) is 4.79 Å². The second-order valence-electron chi connectivity index (χ2n) is 5.77. The van der Waals surface area contributed by atoms with Crippen LogP contribution in [-0.4, -0.2) is 16.7 Å². The summed E-state index contributed by atoms with van der Waals surface area (Å²) in [5.41, 5.74) is -0.342. The van der Waals surface area contributed by atoms with Crippen LogP contribution in [0.25, 0.3) is 0 Å². The summed E-state index contributed by atoms with van der Waals surface area (Å²) in [5.74, 6) is 0. The first-order valence-electron chi connectivity index (χ1n) is 6.03. The Labute approximate surface area is 113 Å². The van der Waals surface area contributed by atoms with Crippen molar-refractivity contribution in [3.05, 3.63) is 29.6 Å². The van der Waals surface area contributed by atoms with Gasteiger partial charge in [-0.2, -0.15) is 5.26 Å². The lowest BCUT2D eigenvalue weighted by molar-refractivity contribution is 0.0468. The van der Waals surface area contributed by atoms with Gasteiger partial charge in [0.05, 0.1) is 11.2 Å². The monoisotopic (exact) mass is 261 g/mol. The van der Waals surface area contributed by atoms with Gasteiger partial charge in [0, 0.05) is 0 Å². The maximum atomic E-state index is 11.8. The Kier molecular flexibility index (Phi) is 4.15. The van der Waals surface area contributed by atoms with Crippen LogP contribution in [0.5, 0.6) is 0 Å². The molecule has 0 spiro atoms. The molecule has 5 heteroatoms. The fourth-order valence-corrected chi connectivity index (χ4v) is 1.47. The Morgan fingerprint density at radius 3 is 2.47 bits per heavy atom. The van der Waals surface area contributed by atoms with E-state index in [1.165, 1.54) is 0 Å². The van der Waals surface area contributed by atoms with Gasteiger partial charge in [-0.3, -0.25) is 0 Å². The van der Waals surface area contributed by atoms with E-state index in [1.54, 1.807) is 52.8 Å². The molecule has 0 radical (unpaired) electrons. The molecule has 1 amide bonds. The first kappa shape index (κ1) is 15.0. The van der Waals surface area contributed by atoms with Gasteiger partial charge in [-0.1, -0.05) is 6.07 Å². The number of carbonyl (C=O) groups excluding carboxylic acids is 1. The van der Waals surface area contributed by atoms with E-state index >= 15 is 0 Å². The van der Waals surface area contributed by atoms with Gasteiger partial charge in [0.15, 0.2) is 0 Å². The summed E-state index contributed by atoms with van der Waals surface area (Å²) in [7, 11) is 0. The van der Waals surface area contributed by atoms with Gasteiger partial charge in [-0.15, -0.1) is 0 Å². The van der Waals surface area contributed by atoms with E-state index in [1.807, 2.05) is 6.07 Å². The predicted molar refractivity (Wildman–Crippen MR) is 71.3 cm³/mol. The number of rotatable bonds is 2. The zero-order valence-corrected chi connectivity index (χ0v) is 11.9. The van der Waals surface area contributed by atoms with Gasteiger partial charge in [0.1, 0.15) is 17.4 Å². The number of pyridine rings is 1. The van der Waals surface area contributed by atoms with Crippen LogP contribution in [-0.2, 0) is 10.3 Å². The molecule has 0 fully saturated rings. The van der Waals surface area contributed by atoms with E-state index in [0.717, 1.165) is 0 Å². The maximum absolute atomic E-state index is 11.8. The average Bonchev–Trinajstić information content (AvgIpc) is 2.25. The molecule has 1 rings (SSSR count). The summed E-state index contributed by atoms with van der Waals surface area (Å²) < 4.78 is 5.21. The largest absolute Gasteiger partial charge is 0.444 e. The van der Waals surface area contributed by atoms with E-state index in [0.29, 0.717) is 11.4 Å². The zero-order chi connectivity index (χ0) is 14.7. The molecule has 1 heterocycles. The number of nitrogens with one attached hydrogen (secondary N) is 1. The Morgan fingerprint density at radius 2 is 1.95 bits per heavy atom. The molecule has 102 valence electrons. The van der Waals surface area contributed by atoms with Gasteiger partial charge >= 0.3 is 6.09 Å². The molecule has 0 unspecified atom stereocenters. The molecule has 1 aromatic heterocycles. The first-order chi connectivity index (χ1) is 8.64. The van der Waals surface area contributed by atoms with E-state index in [-0.39, 0.29) is 0 Å². The average molecular weight is 261 g/mol. The summed E-state index contributed by atoms with van der Waals surface area (Å²) in [5, 5.41) is 11.6. The molecule has 0 saturated carbocycles. The third kappa shape index (κ3) is 4.59. The van der Waals surface area contributed by atoms with Crippen LogP contribution in [0.1, 0.15) is 46.0 Å². The highest BCUT2D eigenvalue weighted by Gasteiger charge is 2.27. The van der Waals surface area contributed by atoms with Gasteiger partial charge < -0.3 is 10.1 Å². The quantitative estimate of drug-likeness (QED) is 0.888. The van der Waals surface area contributed by atoms with Crippen LogP contribution < -0.4 is 5.32 Å². The molecule has 1 aromatic rings. The van der Waals surface area contributed by atoms with Crippen LogP contribution in [0.4, 0.5) is 4.79 Å². The Hall–Kier alpha value is -2.09. The molecule has 5 nitrogen and oxygen atoms in total. The number of carbonyl (C=O) groups is 1. The Morgan fingerprint density at radius 1 is 1.32 bits per heavy atom. The lowest BCUT2D eigenvalue weighted by Crippen LogP contribution is -2.44. The first-order valence-corrected chi connectivity index (χ1v) is 6.03.